The summed E-state index contributed by atoms with van der Waals surface area (Å²) in [6, 6.07) is 5.37. The fourth-order valence-electron chi connectivity index (χ4n) is 2.28. The topological polar surface area (TPSA) is 29.5 Å². The minimum absolute atomic E-state index is 0.0152. The maximum absolute atomic E-state index is 9.37. The molecule has 0 aromatic heterocycles. The molecule has 0 radical (unpaired) electrons. The minimum atomic E-state index is -0.0152. The van der Waals surface area contributed by atoms with Crippen LogP contribution in [0.3, 0.4) is 0 Å². The Morgan fingerprint density at radius 1 is 1.47 bits per heavy atom. The number of benzene rings is 1. The molecule has 1 N–H and O–H groups in total. The lowest BCUT2D eigenvalue weighted by atomic mass is 9.89. The Kier molecular flexibility index (Phi) is 2.59. The first-order valence-electron chi connectivity index (χ1n) is 5.64. The molecular formula is C13H18O2. The van der Waals surface area contributed by atoms with Gasteiger partial charge in [-0.05, 0) is 49.9 Å². The first-order valence-corrected chi connectivity index (χ1v) is 5.64. The number of ether oxygens (including phenoxy) is 1. The number of hydrogen-bond acceptors (Lipinski definition) is 2. The van der Waals surface area contributed by atoms with Crippen molar-refractivity contribution in [3.05, 3.63) is 23.8 Å². The van der Waals surface area contributed by atoms with Crippen LogP contribution >= 0.6 is 0 Å². The van der Waals surface area contributed by atoms with Gasteiger partial charge in [0.05, 0.1) is 0 Å². The second kappa shape index (κ2) is 3.76. The highest BCUT2D eigenvalue weighted by Crippen LogP contribution is 2.36. The van der Waals surface area contributed by atoms with Crippen molar-refractivity contribution in [3.63, 3.8) is 0 Å². The Bertz CT molecular complexity index is 360. The molecule has 1 aromatic rings. The van der Waals surface area contributed by atoms with Gasteiger partial charge in [0.25, 0.3) is 0 Å². The van der Waals surface area contributed by atoms with Gasteiger partial charge in [-0.3, -0.25) is 0 Å². The van der Waals surface area contributed by atoms with Gasteiger partial charge in [0.15, 0.2) is 0 Å². The van der Waals surface area contributed by atoms with E-state index in [1.54, 1.807) is 12.1 Å². The van der Waals surface area contributed by atoms with E-state index in [0.717, 1.165) is 37.0 Å². The Hall–Kier alpha value is -1.18. The molecule has 1 aliphatic rings. The Balaban J connectivity index is 2.23. The van der Waals surface area contributed by atoms with Crippen LogP contribution in [-0.4, -0.2) is 10.7 Å². The van der Waals surface area contributed by atoms with Gasteiger partial charge in [0, 0.05) is 0 Å². The van der Waals surface area contributed by atoms with Crippen LogP contribution in [0.1, 0.15) is 38.7 Å². The predicted molar refractivity (Wildman–Crippen MR) is 60.4 cm³/mol. The van der Waals surface area contributed by atoms with E-state index in [2.05, 4.69) is 13.8 Å². The molecule has 82 valence electrons. The van der Waals surface area contributed by atoms with Crippen molar-refractivity contribution >= 4 is 0 Å². The van der Waals surface area contributed by atoms with Crippen molar-refractivity contribution in [1.82, 2.24) is 0 Å². The van der Waals surface area contributed by atoms with Crippen LogP contribution in [0.15, 0.2) is 18.2 Å². The highest BCUT2D eigenvalue weighted by molar-refractivity contribution is 5.41. The second-order valence-corrected chi connectivity index (χ2v) is 4.59. The van der Waals surface area contributed by atoms with Crippen LogP contribution in [-0.2, 0) is 6.42 Å². The predicted octanol–water partition coefficient (Wildman–Crippen LogP) is 3.28. The third kappa shape index (κ3) is 2.09. The number of phenols is 1. The van der Waals surface area contributed by atoms with E-state index >= 15 is 0 Å². The van der Waals surface area contributed by atoms with E-state index in [1.165, 1.54) is 0 Å². The van der Waals surface area contributed by atoms with Gasteiger partial charge in [0.2, 0.25) is 0 Å². The van der Waals surface area contributed by atoms with Crippen molar-refractivity contribution < 1.29 is 9.84 Å². The normalized spacial score (nSPS) is 24.4. The number of rotatable bonds is 2. The summed E-state index contributed by atoms with van der Waals surface area (Å²) in [5.74, 6) is 1.27. The third-order valence-electron chi connectivity index (χ3n) is 3.10. The molecule has 0 bridgehead atoms. The van der Waals surface area contributed by atoms with E-state index in [4.69, 9.17) is 4.74 Å². The number of hydrogen-bond donors (Lipinski definition) is 1. The SMILES string of the molecule is CCCC1(C)CCc2cc(O)ccc2O1. The molecule has 1 aliphatic heterocycles. The van der Waals surface area contributed by atoms with Crippen molar-refractivity contribution in [2.75, 3.05) is 0 Å². The summed E-state index contributed by atoms with van der Waals surface area (Å²) in [6.07, 6.45) is 4.27. The summed E-state index contributed by atoms with van der Waals surface area (Å²) >= 11 is 0. The zero-order valence-corrected chi connectivity index (χ0v) is 9.42. The maximum Gasteiger partial charge on any atom is 0.123 e. The lowest BCUT2D eigenvalue weighted by Crippen LogP contribution is -2.36. The monoisotopic (exact) mass is 206 g/mol. The quantitative estimate of drug-likeness (QED) is 0.804. The van der Waals surface area contributed by atoms with E-state index in [1.807, 2.05) is 6.07 Å². The average Bonchev–Trinajstić information content (AvgIpc) is 2.19. The summed E-state index contributed by atoms with van der Waals surface area (Å²) in [5, 5.41) is 9.37. The van der Waals surface area contributed by atoms with Gasteiger partial charge >= 0.3 is 0 Å². The van der Waals surface area contributed by atoms with Crippen LogP contribution in [0.25, 0.3) is 0 Å². The Morgan fingerprint density at radius 3 is 3.00 bits per heavy atom. The maximum atomic E-state index is 9.37. The zero-order chi connectivity index (χ0) is 10.9. The van der Waals surface area contributed by atoms with Gasteiger partial charge < -0.3 is 9.84 Å². The first-order chi connectivity index (χ1) is 7.13. The molecule has 2 nitrogen and oxygen atoms in total. The molecular weight excluding hydrogens is 188 g/mol. The third-order valence-corrected chi connectivity index (χ3v) is 3.10. The fraction of sp³-hybridized carbons (Fsp3) is 0.538. The highest BCUT2D eigenvalue weighted by Gasteiger charge is 2.30. The van der Waals surface area contributed by atoms with Gasteiger partial charge in [-0.2, -0.15) is 0 Å². The molecule has 0 aliphatic carbocycles. The van der Waals surface area contributed by atoms with Gasteiger partial charge in [-0.15, -0.1) is 0 Å². The van der Waals surface area contributed by atoms with Crippen molar-refractivity contribution in [3.8, 4) is 11.5 Å². The first kappa shape index (κ1) is 10.3. The van der Waals surface area contributed by atoms with Gasteiger partial charge in [-0.25, -0.2) is 0 Å². The van der Waals surface area contributed by atoms with Crippen molar-refractivity contribution in [1.29, 1.82) is 0 Å². The second-order valence-electron chi connectivity index (χ2n) is 4.59. The molecule has 0 saturated carbocycles. The number of phenolic OH excluding ortho intramolecular Hbond substituents is 1. The number of fused-ring (bicyclic) bond motifs is 1. The standard InChI is InChI=1S/C13H18O2/c1-3-7-13(2)8-6-10-9-11(14)4-5-12(10)15-13/h4-5,9,14H,3,6-8H2,1-2H3. The summed E-state index contributed by atoms with van der Waals surface area (Å²) in [7, 11) is 0. The molecule has 1 atom stereocenters. The van der Waals surface area contributed by atoms with Crippen LogP contribution in [0.2, 0.25) is 0 Å². The average molecular weight is 206 g/mol. The molecule has 2 heteroatoms. The molecule has 15 heavy (non-hydrogen) atoms. The van der Waals surface area contributed by atoms with Crippen LogP contribution in [0.4, 0.5) is 0 Å². The molecule has 2 rings (SSSR count). The molecule has 0 saturated heterocycles. The molecule has 0 amide bonds. The summed E-state index contributed by atoms with van der Waals surface area (Å²) in [6.45, 7) is 4.35. The molecule has 0 spiro atoms. The summed E-state index contributed by atoms with van der Waals surface area (Å²) in [5.41, 5.74) is 1.11. The summed E-state index contributed by atoms with van der Waals surface area (Å²) < 4.78 is 6.00. The van der Waals surface area contributed by atoms with Crippen LogP contribution in [0.5, 0.6) is 11.5 Å². The van der Waals surface area contributed by atoms with Gasteiger partial charge in [0.1, 0.15) is 17.1 Å². The molecule has 1 aromatic carbocycles. The smallest absolute Gasteiger partial charge is 0.123 e. The van der Waals surface area contributed by atoms with Crippen molar-refractivity contribution in [2.45, 2.75) is 45.1 Å². The minimum Gasteiger partial charge on any atom is -0.508 e. The van der Waals surface area contributed by atoms with Crippen LogP contribution in [0, 0.1) is 0 Å². The van der Waals surface area contributed by atoms with Gasteiger partial charge in [-0.1, -0.05) is 13.3 Å². The Labute approximate surface area is 90.9 Å². The number of aryl methyl sites for hydroxylation is 1. The van der Waals surface area contributed by atoms with Crippen molar-refractivity contribution in [2.24, 2.45) is 0 Å². The highest BCUT2D eigenvalue weighted by atomic mass is 16.5. The number of aromatic hydroxyl groups is 1. The zero-order valence-electron chi connectivity index (χ0n) is 9.42. The largest absolute Gasteiger partial charge is 0.508 e. The van der Waals surface area contributed by atoms with E-state index in [-0.39, 0.29) is 5.60 Å². The molecule has 1 unspecified atom stereocenters. The lowest BCUT2D eigenvalue weighted by Gasteiger charge is -2.35. The molecule has 0 fully saturated rings. The molecule has 1 heterocycles. The van der Waals surface area contributed by atoms with E-state index in [0.29, 0.717) is 5.75 Å². The van der Waals surface area contributed by atoms with E-state index < -0.39 is 0 Å². The summed E-state index contributed by atoms with van der Waals surface area (Å²) in [4.78, 5) is 0. The lowest BCUT2D eigenvalue weighted by molar-refractivity contribution is 0.0554. The Morgan fingerprint density at radius 2 is 2.27 bits per heavy atom. The van der Waals surface area contributed by atoms with Crippen LogP contribution < -0.4 is 4.74 Å². The van der Waals surface area contributed by atoms with E-state index in [9.17, 15) is 5.11 Å². The fourth-order valence-corrected chi connectivity index (χ4v) is 2.28.